The normalized spacial score (nSPS) is 13.5. The van der Waals surface area contributed by atoms with Gasteiger partial charge in [-0.1, -0.05) is 166 Å². The van der Waals surface area contributed by atoms with Crippen molar-refractivity contribution in [3.05, 3.63) is 175 Å². The van der Waals surface area contributed by atoms with Crippen molar-refractivity contribution in [2.24, 2.45) is 0 Å². The second kappa shape index (κ2) is 10.4. The summed E-state index contributed by atoms with van der Waals surface area (Å²) in [5.74, 6) is 0. The minimum Gasteiger partial charge on any atom is -0.247 e. The third-order valence-corrected chi connectivity index (χ3v) is 11.6. The minimum absolute atomic E-state index is 0.221. The maximum absolute atomic E-state index is 5.45. The number of nitrogens with zero attached hydrogens (tertiary/aromatic N) is 1. The fourth-order valence-corrected chi connectivity index (χ4v) is 9.32. The van der Waals surface area contributed by atoms with Gasteiger partial charge in [0.2, 0.25) is 0 Å². The van der Waals surface area contributed by atoms with Crippen molar-refractivity contribution in [3.63, 3.8) is 0 Å². The van der Waals surface area contributed by atoms with Gasteiger partial charge in [0.1, 0.15) is 0 Å². The molecule has 0 N–H and O–H groups in total. The van der Waals surface area contributed by atoms with Gasteiger partial charge in [-0.05, 0) is 99.4 Å². The van der Waals surface area contributed by atoms with Crippen molar-refractivity contribution < 1.29 is 0 Å². The Morgan fingerprint density at radius 3 is 1.69 bits per heavy atom. The maximum Gasteiger partial charge on any atom is 0.0759 e. The topological polar surface area (TPSA) is 12.9 Å². The fourth-order valence-electron chi connectivity index (χ4n) is 9.32. The molecule has 1 aliphatic rings. The lowest BCUT2D eigenvalue weighted by Crippen LogP contribution is -2.17. The molecule has 0 amide bonds. The average molecular weight is 648 g/mol. The van der Waals surface area contributed by atoms with Gasteiger partial charge in [-0.25, -0.2) is 4.98 Å². The number of hydrogen-bond donors (Lipinski definition) is 0. The van der Waals surface area contributed by atoms with E-state index in [1.807, 2.05) is 0 Å². The lowest BCUT2D eigenvalue weighted by Gasteiger charge is -2.26. The summed E-state index contributed by atoms with van der Waals surface area (Å²) in [5, 5.41) is 14.0. The summed E-state index contributed by atoms with van der Waals surface area (Å²) in [7, 11) is 0. The SMILES string of the molecule is CC1(C)c2ccccc2-c2nc3ccc4ccccc4c3c(-c3ccc(-c4ccc5c6ccccc6c6ccccc6c5c4)c4ccccc34)c21. The van der Waals surface area contributed by atoms with Gasteiger partial charge < -0.3 is 0 Å². The molecule has 0 saturated heterocycles. The fraction of sp³-hybridized carbons (Fsp3) is 0.0600. The Kier molecular flexibility index (Phi) is 5.79. The molecule has 238 valence electrons. The van der Waals surface area contributed by atoms with Crippen molar-refractivity contribution in [2.45, 2.75) is 19.3 Å². The zero-order valence-electron chi connectivity index (χ0n) is 28.5. The first-order chi connectivity index (χ1) is 25.1. The van der Waals surface area contributed by atoms with Gasteiger partial charge in [0, 0.05) is 16.4 Å². The molecule has 0 spiro atoms. The van der Waals surface area contributed by atoms with Crippen molar-refractivity contribution in [1.82, 2.24) is 4.98 Å². The van der Waals surface area contributed by atoms with Crippen LogP contribution in [0.25, 0.3) is 98.3 Å². The lowest BCUT2D eigenvalue weighted by atomic mass is 9.77. The Hall–Kier alpha value is -6.31. The molecule has 0 aliphatic heterocycles. The minimum atomic E-state index is -0.221. The lowest BCUT2D eigenvalue weighted by molar-refractivity contribution is 0.662. The summed E-state index contributed by atoms with van der Waals surface area (Å²) < 4.78 is 0. The average Bonchev–Trinajstić information content (AvgIpc) is 3.42. The first kappa shape index (κ1) is 28.5. The highest BCUT2D eigenvalue weighted by atomic mass is 14.7. The van der Waals surface area contributed by atoms with Crippen molar-refractivity contribution in [1.29, 1.82) is 0 Å². The summed E-state index contributed by atoms with van der Waals surface area (Å²) in [5.41, 5.74) is 10.8. The molecule has 51 heavy (non-hydrogen) atoms. The first-order valence-electron chi connectivity index (χ1n) is 17.9. The zero-order chi connectivity index (χ0) is 33.8. The number of fused-ring (bicyclic) bond motifs is 13. The molecule has 11 rings (SSSR count). The molecular formula is C50H33N. The monoisotopic (exact) mass is 647 g/mol. The van der Waals surface area contributed by atoms with Gasteiger partial charge in [-0.2, -0.15) is 0 Å². The molecular weight excluding hydrogens is 615 g/mol. The first-order valence-corrected chi connectivity index (χ1v) is 17.9. The van der Waals surface area contributed by atoms with Gasteiger partial charge in [-0.15, -0.1) is 0 Å². The van der Waals surface area contributed by atoms with Crippen molar-refractivity contribution in [2.75, 3.05) is 0 Å². The largest absolute Gasteiger partial charge is 0.247 e. The van der Waals surface area contributed by atoms with Crippen LogP contribution in [0.2, 0.25) is 0 Å². The van der Waals surface area contributed by atoms with E-state index >= 15 is 0 Å². The number of rotatable bonds is 2. The van der Waals surface area contributed by atoms with E-state index in [2.05, 4.69) is 178 Å². The molecule has 0 fully saturated rings. The van der Waals surface area contributed by atoms with Crippen molar-refractivity contribution in [3.8, 4) is 33.5 Å². The van der Waals surface area contributed by atoms with Crippen LogP contribution in [0.4, 0.5) is 0 Å². The Morgan fingerprint density at radius 1 is 0.412 bits per heavy atom. The second-order valence-electron chi connectivity index (χ2n) is 14.6. The van der Waals surface area contributed by atoms with Crippen LogP contribution >= 0.6 is 0 Å². The number of pyridine rings is 1. The third-order valence-electron chi connectivity index (χ3n) is 11.6. The van der Waals surface area contributed by atoms with Crippen LogP contribution in [0.5, 0.6) is 0 Å². The summed E-state index contributed by atoms with van der Waals surface area (Å²) >= 11 is 0. The quantitative estimate of drug-likeness (QED) is 0.170. The standard InChI is InChI=1S/C50H33N/c1-50(2)44-22-12-11-21-42(44)49-48(50)47(46-33-14-4-3-13-30(33)24-28-45(46)51-49)41-27-26-32(34-15-5-9-19-38(34)41)31-23-25-40-37-18-7-6-16-35(37)36-17-8-10-20-39(36)43(40)29-31/h3-29H,1-2H3. The molecule has 0 radical (unpaired) electrons. The van der Waals surface area contributed by atoms with Crippen LogP contribution < -0.4 is 0 Å². The Bertz CT molecular complexity index is 3070. The van der Waals surface area contributed by atoms with E-state index in [9.17, 15) is 0 Å². The van der Waals surface area contributed by atoms with E-state index in [4.69, 9.17) is 4.98 Å². The summed E-state index contributed by atoms with van der Waals surface area (Å²) in [6.45, 7) is 4.75. The van der Waals surface area contributed by atoms with Gasteiger partial charge in [0.15, 0.2) is 0 Å². The third kappa shape index (κ3) is 3.89. The smallest absolute Gasteiger partial charge is 0.0759 e. The molecule has 1 aromatic heterocycles. The number of hydrogen-bond acceptors (Lipinski definition) is 1. The summed E-state index contributed by atoms with van der Waals surface area (Å²) in [6, 6.07) is 60.5. The molecule has 0 saturated carbocycles. The highest BCUT2D eigenvalue weighted by molar-refractivity contribution is 6.26. The highest BCUT2D eigenvalue weighted by Gasteiger charge is 2.40. The van der Waals surface area contributed by atoms with E-state index < -0.39 is 0 Å². The van der Waals surface area contributed by atoms with E-state index in [1.54, 1.807) is 0 Å². The summed E-state index contributed by atoms with van der Waals surface area (Å²) in [4.78, 5) is 5.45. The number of aromatic nitrogens is 1. The second-order valence-corrected chi connectivity index (χ2v) is 14.6. The van der Waals surface area contributed by atoms with Crippen LogP contribution in [0.3, 0.4) is 0 Å². The molecule has 1 nitrogen and oxygen atoms in total. The Labute approximate surface area is 296 Å². The predicted octanol–water partition coefficient (Wildman–Crippen LogP) is 13.6. The zero-order valence-corrected chi connectivity index (χ0v) is 28.5. The van der Waals surface area contributed by atoms with E-state index in [1.165, 1.54) is 98.2 Å². The molecule has 1 heteroatoms. The predicted molar refractivity (Wildman–Crippen MR) is 218 cm³/mol. The Morgan fingerprint density at radius 2 is 0.961 bits per heavy atom. The van der Waals surface area contributed by atoms with E-state index in [-0.39, 0.29) is 5.41 Å². The molecule has 0 unspecified atom stereocenters. The molecule has 10 aromatic rings. The van der Waals surface area contributed by atoms with Gasteiger partial charge in [0.25, 0.3) is 0 Å². The molecule has 1 aliphatic carbocycles. The van der Waals surface area contributed by atoms with Crippen LogP contribution in [0, 0.1) is 0 Å². The van der Waals surface area contributed by atoms with Gasteiger partial charge in [0.05, 0.1) is 11.2 Å². The van der Waals surface area contributed by atoms with Crippen molar-refractivity contribution >= 4 is 64.8 Å². The molecule has 0 bridgehead atoms. The van der Waals surface area contributed by atoms with Gasteiger partial charge in [-0.3, -0.25) is 0 Å². The van der Waals surface area contributed by atoms with Crippen LogP contribution in [-0.4, -0.2) is 4.98 Å². The molecule has 0 atom stereocenters. The number of benzene rings is 9. The van der Waals surface area contributed by atoms with Crippen LogP contribution in [0.1, 0.15) is 25.0 Å². The highest BCUT2D eigenvalue weighted by Crippen LogP contribution is 2.55. The van der Waals surface area contributed by atoms with E-state index in [0.717, 1.165) is 11.2 Å². The van der Waals surface area contributed by atoms with E-state index in [0.29, 0.717) is 0 Å². The Balaban J connectivity index is 1.23. The molecule has 1 heterocycles. The maximum atomic E-state index is 5.45. The van der Waals surface area contributed by atoms with Crippen LogP contribution in [-0.2, 0) is 5.41 Å². The van der Waals surface area contributed by atoms with Crippen LogP contribution in [0.15, 0.2) is 164 Å². The molecule has 9 aromatic carbocycles. The summed E-state index contributed by atoms with van der Waals surface area (Å²) in [6.07, 6.45) is 0. The van der Waals surface area contributed by atoms with Gasteiger partial charge >= 0.3 is 0 Å².